The smallest absolute Gasteiger partial charge is 0.404 e. The van der Waals surface area contributed by atoms with E-state index in [-0.39, 0.29) is 11.5 Å². The number of carboxylic acid groups (broad SMARTS) is 1. The minimum atomic E-state index is -0.884. The van der Waals surface area contributed by atoms with Crippen LogP contribution in [-0.2, 0) is 0 Å². The van der Waals surface area contributed by atoms with E-state index in [9.17, 15) is 4.79 Å². The van der Waals surface area contributed by atoms with Crippen LogP contribution in [0.15, 0.2) is 0 Å². The van der Waals surface area contributed by atoms with Gasteiger partial charge in [0.2, 0.25) is 0 Å². The molecule has 3 N–H and O–H groups in total. The van der Waals surface area contributed by atoms with Gasteiger partial charge in [-0.25, -0.2) is 4.79 Å². The lowest BCUT2D eigenvalue weighted by atomic mass is 9.78. The molecule has 0 aromatic heterocycles. The summed E-state index contributed by atoms with van der Waals surface area (Å²) in [5.41, 5.74) is 0.261. The number of rotatable bonds is 1. The Bertz CT molecular complexity index is 285. The Kier molecular flexibility index (Phi) is 2.86. The first-order valence-corrected chi connectivity index (χ1v) is 6.12. The van der Waals surface area contributed by atoms with E-state index in [0.29, 0.717) is 17.9 Å². The predicted octanol–water partition coefficient (Wildman–Crippen LogP) is 1.67. The molecule has 0 bridgehead atoms. The molecular formula is C12H22N2O2. The number of carbonyl (C=O) groups is 1. The van der Waals surface area contributed by atoms with Crippen LogP contribution in [0.4, 0.5) is 4.79 Å². The molecule has 2 fully saturated rings. The molecule has 1 aliphatic carbocycles. The first kappa shape index (κ1) is 11.7. The summed E-state index contributed by atoms with van der Waals surface area (Å²) >= 11 is 0. The molecule has 1 aliphatic heterocycles. The molecule has 1 saturated heterocycles. The first-order chi connectivity index (χ1) is 7.39. The van der Waals surface area contributed by atoms with Crippen molar-refractivity contribution in [3.8, 4) is 0 Å². The number of amides is 1. The number of hydrogen-bond acceptors (Lipinski definition) is 2. The normalized spacial score (nSPS) is 38.4. The van der Waals surface area contributed by atoms with Crippen molar-refractivity contribution in [3.63, 3.8) is 0 Å². The van der Waals surface area contributed by atoms with Gasteiger partial charge < -0.3 is 15.7 Å². The fourth-order valence-electron chi connectivity index (χ4n) is 3.51. The van der Waals surface area contributed by atoms with E-state index in [1.165, 1.54) is 0 Å². The van der Waals surface area contributed by atoms with Gasteiger partial charge >= 0.3 is 6.09 Å². The maximum Gasteiger partial charge on any atom is 0.404 e. The quantitative estimate of drug-likeness (QED) is 0.637. The van der Waals surface area contributed by atoms with E-state index in [0.717, 1.165) is 19.4 Å². The third kappa shape index (κ3) is 2.03. The molecule has 2 rings (SSSR count). The van der Waals surface area contributed by atoms with Gasteiger partial charge in [0.25, 0.3) is 0 Å². The summed E-state index contributed by atoms with van der Waals surface area (Å²) in [7, 11) is 0. The Labute approximate surface area is 96.8 Å². The highest BCUT2D eigenvalue weighted by Crippen LogP contribution is 2.43. The molecule has 0 aromatic carbocycles. The monoisotopic (exact) mass is 226 g/mol. The Balaban J connectivity index is 2.03. The van der Waals surface area contributed by atoms with Crippen molar-refractivity contribution < 1.29 is 9.90 Å². The van der Waals surface area contributed by atoms with E-state index in [2.05, 4.69) is 31.4 Å². The first-order valence-electron chi connectivity index (χ1n) is 6.12. The summed E-state index contributed by atoms with van der Waals surface area (Å²) in [6.07, 6.45) is 1.25. The van der Waals surface area contributed by atoms with Crippen LogP contribution in [0.3, 0.4) is 0 Å². The summed E-state index contributed by atoms with van der Waals surface area (Å²) in [5.74, 6) is 1.12. The summed E-state index contributed by atoms with van der Waals surface area (Å²) in [4.78, 5) is 10.7. The Morgan fingerprint density at radius 2 is 2.00 bits per heavy atom. The zero-order chi connectivity index (χ0) is 11.9. The van der Waals surface area contributed by atoms with Gasteiger partial charge in [-0.1, -0.05) is 20.8 Å². The van der Waals surface area contributed by atoms with Crippen molar-refractivity contribution in [2.75, 3.05) is 6.54 Å². The summed E-state index contributed by atoms with van der Waals surface area (Å²) < 4.78 is 0. The highest BCUT2D eigenvalue weighted by Gasteiger charge is 2.48. The Morgan fingerprint density at radius 3 is 2.56 bits per heavy atom. The molecule has 0 aromatic rings. The van der Waals surface area contributed by atoms with Crippen LogP contribution in [0, 0.1) is 17.3 Å². The molecule has 0 radical (unpaired) electrons. The van der Waals surface area contributed by atoms with Crippen LogP contribution in [0.2, 0.25) is 0 Å². The van der Waals surface area contributed by atoms with Gasteiger partial charge in [0.1, 0.15) is 0 Å². The third-order valence-electron chi connectivity index (χ3n) is 4.12. The molecule has 16 heavy (non-hydrogen) atoms. The van der Waals surface area contributed by atoms with Crippen molar-refractivity contribution >= 4 is 6.09 Å². The summed E-state index contributed by atoms with van der Waals surface area (Å²) in [6.45, 7) is 7.72. The van der Waals surface area contributed by atoms with Crippen molar-refractivity contribution in [2.45, 2.75) is 45.7 Å². The summed E-state index contributed by atoms with van der Waals surface area (Å²) in [5, 5.41) is 15.0. The van der Waals surface area contributed by atoms with Crippen LogP contribution in [0.5, 0.6) is 0 Å². The molecule has 1 heterocycles. The Morgan fingerprint density at radius 1 is 1.31 bits per heavy atom. The van der Waals surface area contributed by atoms with Crippen molar-refractivity contribution in [2.24, 2.45) is 17.3 Å². The minimum absolute atomic E-state index is 0.155. The Hall–Kier alpha value is -0.770. The molecule has 1 amide bonds. The number of nitrogens with one attached hydrogen (secondary N) is 2. The fourth-order valence-corrected chi connectivity index (χ4v) is 3.51. The van der Waals surface area contributed by atoms with Gasteiger partial charge in [-0.05, 0) is 30.1 Å². The molecule has 4 atom stereocenters. The average Bonchev–Trinajstić information content (AvgIpc) is 2.65. The second kappa shape index (κ2) is 3.91. The average molecular weight is 226 g/mol. The van der Waals surface area contributed by atoms with E-state index < -0.39 is 6.09 Å². The second-order valence-electron chi connectivity index (χ2n) is 6.21. The highest BCUT2D eigenvalue weighted by atomic mass is 16.4. The van der Waals surface area contributed by atoms with Crippen LogP contribution >= 0.6 is 0 Å². The van der Waals surface area contributed by atoms with Gasteiger partial charge in [0.15, 0.2) is 0 Å². The van der Waals surface area contributed by atoms with Crippen molar-refractivity contribution in [1.82, 2.24) is 10.6 Å². The lowest BCUT2D eigenvalue weighted by Gasteiger charge is -2.31. The van der Waals surface area contributed by atoms with E-state index in [1.54, 1.807) is 0 Å². The van der Waals surface area contributed by atoms with Crippen LogP contribution in [0.1, 0.15) is 33.6 Å². The van der Waals surface area contributed by atoms with E-state index >= 15 is 0 Å². The predicted molar refractivity (Wildman–Crippen MR) is 62.4 cm³/mol. The van der Waals surface area contributed by atoms with Crippen LogP contribution in [-0.4, -0.2) is 29.8 Å². The zero-order valence-corrected chi connectivity index (χ0v) is 10.3. The fraction of sp³-hybridized carbons (Fsp3) is 0.917. The number of fused-ring (bicyclic) bond motifs is 1. The van der Waals surface area contributed by atoms with E-state index in [4.69, 9.17) is 5.11 Å². The maximum absolute atomic E-state index is 10.7. The van der Waals surface area contributed by atoms with Crippen molar-refractivity contribution in [1.29, 1.82) is 0 Å². The van der Waals surface area contributed by atoms with Crippen LogP contribution < -0.4 is 10.6 Å². The topological polar surface area (TPSA) is 61.4 Å². The molecule has 92 valence electrons. The van der Waals surface area contributed by atoms with Crippen LogP contribution in [0.25, 0.3) is 0 Å². The van der Waals surface area contributed by atoms with E-state index in [1.807, 2.05) is 0 Å². The van der Waals surface area contributed by atoms with Gasteiger partial charge in [-0.15, -0.1) is 0 Å². The summed E-state index contributed by atoms with van der Waals surface area (Å²) in [6, 6.07) is 0.681. The standard InChI is InChI=1S/C12H22N2O2/c1-12(2,3)10-7-4-5-9(14-11(15)16)8(7)6-13-10/h7-10,13-14H,4-6H2,1-3H3,(H,15,16)/t7-,8-,9-,10?/m0/s1. The molecule has 0 spiro atoms. The SMILES string of the molecule is CC(C)(C)C1NC[C@@H]2[C@@H](NC(=O)O)CC[C@H]12. The molecule has 1 unspecified atom stereocenters. The molecule has 4 nitrogen and oxygen atoms in total. The third-order valence-corrected chi connectivity index (χ3v) is 4.12. The second-order valence-corrected chi connectivity index (χ2v) is 6.21. The molecular weight excluding hydrogens is 204 g/mol. The molecule has 1 saturated carbocycles. The minimum Gasteiger partial charge on any atom is -0.465 e. The van der Waals surface area contributed by atoms with Crippen molar-refractivity contribution in [3.05, 3.63) is 0 Å². The van der Waals surface area contributed by atoms with Gasteiger partial charge in [-0.2, -0.15) is 0 Å². The molecule has 2 aliphatic rings. The lowest BCUT2D eigenvalue weighted by Crippen LogP contribution is -2.39. The largest absolute Gasteiger partial charge is 0.465 e. The molecule has 4 heteroatoms. The number of hydrogen-bond donors (Lipinski definition) is 3. The highest BCUT2D eigenvalue weighted by molar-refractivity contribution is 5.65. The van der Waals surface area contributed by atoms with Gasteiger partial charge in [0.05, 0.1) is 0 Å². The lowest BCUT2D eigenvalue weighted by molar-refractivity contribution is 0.185. The zero-order valence-electron chi connectivity index (χ0n) is 10.3. The maximum atomic E-state index is 10.7. The van der Waals surface area contributed by atoms with Gasteiger partial charge in [0, 0.05) is 18.6 Å². The van der Waals surface area contributed by atoms with Gasteiger partial charge in [-0.3, -0.25) is 0 Å².